The number of aryl methyl sites for hydroxylation is 1. The highest BCUT2D eigenvalue weighted by Gasteiger charge is 2.11. The summed E-state index contributed by atoms with van der Waals surface area (Å²) in [6.45, 7) is 6.12. The average Bonchev–Trinajstić information content (AvgIpc) is 2.32. The number of halogens is 1. The normalized spacial score (nSPS) is 12.5. The van der Waals surface area contributed by atoms with Crippen LogP contribution >= 0.6 is 0 Å². The lowest BCUT2D eigenvalue weighted by Gasteiger charge is -2.15. The average molecular weight is 239 g/mol. The van der Waals surface area contributed by atoms with E-state index in [1.54, 1.807) is 0 Å². The van der Waals surface area contributed by atoms with E-state index in [4.69, 9.17) is 0 Å². The first-order chi connectivity index (χ1) is 8.19. The first-order valence-corrected chi connectivity index (χ1v) is 6.44. The minimum absolute atomic E-state index is 0.246. The van der Waals surface area contributed by atoms with Gasteiger partial charge in [0.05, 0.1) is 5.69 Å². The van der Waals surface area contributed by atoms with Gasteiger partial charge < -0.3 is 5.32 Å². The molecule has 17 heavy (non-hydrogen) atoms. The summed E-state index contributed by atoms with van der Waals surface area (Å²) in [5.41, 5.74) is 0.475. The molecule has 0 aliphatic rings. The number of unbranched alkanes of at least 4 members (excludes halogenated alkanes) is 2. The third-order valence-corrected chi connectivity index (χ3v) is 2.82. The summed E-state index contributed by atoms with van der Waals surface area (Å²) in [5, 5.41) is 3.12. The number of nitrogens with one attached hydrogen (secondary N) is 1. The van der Waals surface area contributed by atoms with Crippen molar-refractivity contribution >= 4 is 5.82 Å². The first-order valence-electron chi connectivity index (χ1n) is 6.44. The van der Waals surface area contributed by atoms with Crippen LogP contribution < -0.4 is 5.32 Å². The van der Waals surface area contributed by atoms with Crippen LogP contribution in [0.4, 0.5) is 10.2 Å². The van der Waals surface area contributed by atoms with E-state index in [9.17, 15) is 4.39 Å². The van der Waals surface area contributed by atoms with Crippen LogP contribution in [0.1, 0.15) is 52.1 Å². The topological polar surface area (TPSA) is 37.8 Å². The van der Waals surface area contributed by atoms with Gasteiger partial charge in [0.25, 0.3) is 0 Å². The first kappa shape index (κ1) is 13.9. The van der Waals surface area contributed by atoms with Crippen molar-refractivity contribution in [3.63, 3.8) is 0 Å². The van der Waals surface area contributed by atoms with Crippen molar-refractivity contribution in [2.75, 3.05) is 5.32 Å². The molecule has 3 nitrogen and oxygen atoms in total. The maximum absolute atomic E-state index is 13.8. The predicted molar refractivity (Wildman–Crippen MR) is 68.6 cm³/mol. The molecule has 96 valence electrons. The van der Waals surface area contributed by atoms with Gasteiger partial charge in [0.1, 0.15) is 6.33 Å². The molecule has 0 saturated carbocycles. The molecule has 0 fully saturated rings. The Morgan fingerprint density at radius 2 is 2.06 bits per heavy atom. The van der Waals surface area contributed by atoms with Crippen molar-refractivity contribution in [2.45, 2.75) is 58.9 Å². The van der Waals surface area contributed by atoms with E-state index in [1.807, 2.05) is 6.92 Å². The second kappa shape index (κ2) is 7.20. The molecular formula is C13H22FN3. The van der Waals surface area contributed by atoms with Crippen molar-refractivity contribution in [3.8, 4) is 0 Å². The van der Waals surface area contributed by atoms with E-state index in [-0.39, 0.29) is 11.9 Å². The summed E-state index contributed by atoms with van der Waals surface area (Å²) >= 11 is 0. The summed E-state index contributed by atoms with van der Waals surface area (Å²) in [7, 11) is 0. The SMILES string of the molecule is CCCCCC(C)Nc1ncnc(CC)c1F. The Labute approximate surface area is 103 Å². The van der Waals surface area contributed by atoms with E-state index < -0.39 is 0 Å². The van der Waals surface area contributed by atoms with Crippen LogP contribution in [-0.2, 0) is 6.42 Å². The smallest absolute Gasteiger partial charge is 0.186 e. The molecule has 4 heteroatoms. The summed E-state index contributed by atoms with van der Waals surface area (Å²) in [5.74, 6) is 0.0261. The van der Waals surface area contributed by atoms with Gasteiger partial charge in [-0.15, -0.1) is 0 Å². The predicted octanol–water partition coefficient (Wildman–Crippen LogP) is 3.56. The lowest BCUT2D eigenvalue weighted by Crippen LogP contribution is -2.17. The lowest BCUT2D eigenvalue weighted by molar-refractivity contribution is 0.579. The van der Waals surface area contributed by atoms with Crippen LogP contribution in [0.2, 0.25) is 0 Å². The fourth-order valence-electron chi connectivity index (χ4n) is 1.76. The number of nitrogens with zero attached hydrogens (tertiary/aromatic N) is 2. The van der Waals surface area contributed by atoms with Crippen LogP contribution in [0.3, 0.4) is 0 Å². The molecule has 1 unspecified atom stereocenters. The van der Waals surface area contributed by atoms with Crippen molar-refractivity contribution in [1.82, 2.24) is 9.97 Å². The van der Waals surface area contributed by atoms with E-state index >= 15 is 0 Å². The maximum Gasteiger partial charge on any atom is 0.186 e. The third kappa shape index (κ3) is 4.29. The third-order valence-electron chi connectivity index (χ3n) is 2.82. The Kier molecular flexibility index (Phi) is 5.87. The Balaban J connectivity index is 2.55. The summed E-state index contributed by atoms with van der Waals surface area (Å²) in [6, 6.07) is 0.246. The highest BCUT2D eigenvalue weighted by molar-refractivity contribution is 5.38. The van der Waals surface area contributed by atoms with Crippen LogP contribution in [0.15, 0.2) is 6.33 Å². The van der Waals surface area contributed by atoms with Gasteiger partial charge in [0.15, 0.2) is 11.6 Å². The zero-order chi connectivity index (χ0) is 12.7. The monoisotopic (exact) mass is 239 g/mol. The minimum atomic E-state index is -0.308. The Bertz CT molecular complexity index is 341. The van der Waals surface area contributed by atoms with Crippen LogP contribution in [0.25, 0.3) is 0 Å². The minimum Gasteiger partial charge on any atom is -0.365 e. The summed E-state index contributed by atoms with van der Waals surface area (Å²) in [6.07, 6.45) is 6.64. The van der Waals surface area contributed by atoms with E-state index in [0.717, 1.165) is 12.8 Å². The van der Waals surface area contributed by atoms with E-state index in [1.165, 1.54) is 19.2 Å². The molecule has 1 aromatic heterocycles. The van der Waals surface area contributed by atoms with Crippen LogP contribution in [0.5, 0.6) is 0 Å². The zero-order valence-electron chi connectivity index (χ0n) is 11.0. The molecule has 0 bridgehead atoms. The number of hydrogen-bond acceptors (Lipinski definition) is 3. The van der Waals surface area contributed by atoms with Gasteiger partial charge in [0.2, 0.25) is 0 Å². The molecule has 0 aliphatic carbocycles. The molecule has 0 saturated heterocycles. The number of aromatic nitrogens is 2. The molecule has 1 aromatic rings. The number of hydrogen-bond donors (Lipinski definition) is 1. The van der Waals surface area contributed by atoms with Gasteiger partial charge in [-0.3, -0.25) is 0 Å². The molecular weight excluding hydrogens is 217 g/mol. The van der Waals surface area contributed by atoms with E-state index in [2.05, 4.69) is 29.1 Å². The molecule has 1 N–H and O–H groups in total. The van der Waals surface area contributed by atoms with E-state index in [0.29, 0.717) is 17.9 Å². The highest BCUT2D eigenvalue weighted by Crippen LogP contribution is 2.15. The second-order valence-corrected chi connectivity index (χ2v) is 4.38. The maximum atomic E-state index is 13.8. The molecule has 1 atom stereocenters. The number of anilines is 1. The Morgan fingerprint density at radius 3 is 2.71 bits per heavy atom. The molecule has 0 aromatic carbocycles. The van der Waals surface area contributed by atoms with Gasteiger partial charge in [-0.05, 0) is 19.8 Å². The lowest BCUT2D eigenvalue weighted by atomic mass is 10.1. The van der Waals surface area contributed by atoms with Gasteiger partial charge in [0, 0.05) is 6.04 Å². The molecule has 0 aliphatic heterocycles. The highest BCUT2D eigenvalue weighted by atomic mass is 19.1. The Hall–Kier alpha value is -1.19. The standard InChI is InChI=1S/C13H22FN3/c1-4-6-7-8-10(3)17-13-12(14)11(5-2)15-9-16-13/h9-10H,4-8H2,1-3H3,(H,15,16,17). The second-order valence-electron chi connectivity index (χ2n) is 4.38. The summed E-state index contributed by atoms with van der Waals surface area (Å²) in [4.78, 5) is 7.87. The van der Waals surface area contributed by atoms with Gasteiger partial charge in [-0.25, -0.2) is 14.4 Å². The summed E-state index contributed by atoms with van der Waals surface area (Å²) < 4.78 is 13.8. The molecule has 0 amide bonds. The molecule has 0 spiro atoms. The van der Waals surface area contributed by atoms with Gasteiger partial charge in [-0.2, -0.15) is 0 Å². The van der Waals surface area contributed by atoms with Gasteiger partial charge >= 0.3 is 0 Å². The molecule has 1 heterocycles. The molecule has 1 rings (SSSR count). The zero-order valence-corrected chi connectivity index (χ0v) is 11.0. The van der Waals surface area contributed by atoms with Gasteiger partial charge in [-0.1, -0.05) is 33.1 Å². The van der Waals surface area contributed by atoms with Crippen LogP contribution in [0, 0.1) is 5.82 Å². The van der Waals surface area contributed by atoms with Crippen molar-refractivity contribution < 1.29 is 4.39 Å². The fraction of sp³-hybridized carbons (Fsp3) is 0.692. The fourth-order valence-corrected chi connectivity index (χ4v) is 1.76. The Morgan fingerprint density at radius 1 is 1.29 bits per heavy atom. The number of rotatable bonds is 7. The quantitative estimate of drug-likeness (QED) is 0.739. The van der Waals surface area contributed by atoms with Crippen molar-refractivity contribution in [3.05, 3.63) is 17.8 Å². The van der Waals surface area contributed by atoms with Crippen molar-refractivity contribution in [2.24, 2.45) is 0 Å². The molecule has 0 radical (unpaired) electrons. The van der Waals surface area contributed by atoms with Crippen LogP contribution in [-0.4, -0.2) is 16.0 Å². The van der Waals surface area contributed by atoms with Crippen molar-refractivity contribution in [1.29, 1.82) is 0 Å². The largest absolute Gasteiger partial charge is 0.365 e.